The molecule has 0 bridgehead atoms. The van der Waals surface area contributed by atoms with Crippen molar-refractivity contribution in [1.82, 2.24) is 0 Å². The van der Waals surface area contributed by atoms with Gasteiger partial charge in [0.25, 0.3) is 0 Å². The van der Waals surface area contributed by atoms with Gasteiger partial charge in [0.15, 0.2) is 0 Å². The van der Waals surface area contributed by atoms with E-state index in [0.717, 1.165) is 0 Å². The van der Waals surface area contributed by atoms with Crippen molar-refractivity contribution in [3.8, 4) is 0 Å². The number of benzene rings is 3. The van der Waals surface area contributed by atoms with Crippen LogP contribution in [0.5, 0.6) is 0 Å². The third kappa shape index (κ3) is 1.44. The van der Waals surface area contributed by atoms with E-state index in [-0.39, 0.29) is 4.32 Å². The van der Waals surface area contributed by atoms with E-state index in [1.54, 1.807) is 0 Å². The summed E-state index contributed by atoms with van der Waals surface area (Å²) in [6, 6.07) is 19.7. The lowest BCUT2D eigenvalue weighted by atomic mass is 9.94. The summed E-state index contributed by atoms with van der Waals surface area (Å²) >= 11 is 3.94. The molecule has 0 atom stereocenters. The zero-order chi connectivity index (χ0) is 12.2. The van der Waals surface area contributed by atoms with Gasteiger partial charge in [-0.25, -0.2) is 0 Å². The molecule has 1 heteroatoms. The summed E-state index contributed by atoms with van der Waals surface area (Å²) in [5.74, 6) is 0. The van der Waals surface area contributed by atoms with E-state index < -0.39 is 0 Å². The molecule has 1 saturated carbocycles. The minimum atomic E-state index is 0.216. The fourth-order valence-electron chi connectivity index (χ4n) is 2.86. The van der Waals surface area contributed by atoms with Crippen LogP contribution in [0.2, 0.25) is 0 Å². The van der Waals surface area contributed by atoms with E-state index in [2.05, 4.69) is 70.5 Å². The number of alkyl halides is 1. The first-order valence-corrected chi connectivity index (χ1v) is 7.17. The Kier molecular flexibility index (Phi) is 2.10. The van der Waals surface area contributed by atoms with Gasteiger partial charge in [0.1, 0.15) is 0 Å². The second-order valence-electron chi connectivity index (χ2n) is 5.16. The molecule has 1 aliphatic carbocycles. The monoisotopic (exact) mass is 296 g/mol. The highest BCUT2D eigenvalue weighted by Crippen LogP contribution is 2.57. The molecule has 0 saturated heterocycles. The van der Waals surface area contributed by atoms with E-state index in [0.29, 0.717) is 0 Å². The van der Waals surface area contributed by atoms with E-state index in [9.17, 15) is 0 Å². The molecule has 18 heavy (non-hydrogen) atoms. The lowest BCUT2D eigenvalue weighted by molar-refractivity contribution is 1.09. The maximum atomic E-state index is 3.94. The van der Waals surface area contributed by atoms with Crippen LogP contribution in [-0.2, 0) is 4.32 Å². The molecule has 0 nitrogen and oxygen atoms in total. The van der Waals surface area contributed by atoms with Gasteiger partial charge in [-0.1, -0.05) is 64.5 Å². The van der Waals surface area contributed by atoms with E-state index in [1.807, 2.05) is 0 Å². The van der Waals surface area contributed by atoms with Crippen molar-refractivity contribution in [2.24, 2.45) is 0 Å². The largest absolute Gasteiger partial charge is 0.0801 e. The lowest BCUT2D eigenvalue weighted by Gasteiger charge is -2.15. The van der Waals surface area contributed by atoms with Gasteiger partial charge in [-0.3, -0.25) is 0 Å². The third-order valence-corrected chi connectivity index (χ3v) is 5.10. The lowest BCUT2D eigenvalue weighted by Crippen LogP contribution is -1.98. The summed E-state index contributed by atoms with van der Waals surface area (Å²) in [6.45, 7) is 0. The van der Waals surface area contributed by atoms with Gasteiger partial charge >= 0.3 is 0 Å². The Labute approximate surface area is 115 Å². The molecule has 1 aliphatic rings. The van der Waals surface area contributed by atoms with Gasteiger partial charge in [0.2, 0.25) is 0 Å². The fourth-order valence-corrected chi connectivity index (χ4v) is 3.48. The summed E-state index contributed by atoms with van der Waals surface area (Å²) in [4.78, 5) is 0. The second-order valence-corrected chi connectivity index (χ2v) is 6.68. The van der Waals surface area contributed by atoms with Crippen LogP contribution in [0, 0.1) is 0 Å². The molecule has 0 spiro atoms. The molecule has 0 aliphatic heterocycles. The predicted octanol–water partition coefficient (Wildman–Crippen LogP) is 5.38. The predicted molar refractivity (Wildman–Crippen MR) is 81.3 cm³/mol. The number of hydrogen-bond donors (Lipinski definition) is 0. The van der Waals surface area contributed by atoms with Crippen LogP contribution in [0.15, 0.2) is 54.6 Å². The number of hydrogen-bond acceptors (Lipinski definition) is 0. The van der Waals surface area contributed by atoms with Crippen LogP contribution in [-0.4, -0.2) is 0 Å². The van der Waals surface area contributed by atoms with Gasteiger partial charge in [-0.2, -0.15) is 0 Å². The average molecular weight is 297 g/mol. The molecule has 3 aromatic rings. The molecule has 0 amide bonds. The highest BCUT2D eigenvalue weighted by molar-refractivity contribution is 9.09. The van der Waals surface area contributed by atoms with Gasteiger partial charge < -0.3 is 0 Å². The van der Waals surface area contributed by atoms with E-state index in [4.69, 9.17) is 0 Å². The number of halogens is 1. The molecular formula is C17H13Br. The maximum absolute atomic E-state index is 3.94. The highest BCUT2D eigenvalue weighted by Gasteiger charge is 2.43. The molecule has 0 aromatic heterocycles. The highest BCUT2D eigenvalue weighted by atomic mass is 79.9. The van der Waals surface area contributed by atoms with Crippen LogP contribution < -0.4 is 0 Å². The Morgan fingerprint density at radius 2 is 1.28 bits per heavy atom. The molecular weight excluding hydrogens is 284 g/mol. The normalized spacial score (nSPS) is 17.2. The average Bonchev–Trinajstić information content (AvgIpc) is 3.14. The molecule has 0 N–H and O–H groups in total. The minimum Gasteiger partial charge on any atom is -0.0801 e. The van der Waals surface area contributed by atoms with Crippen molar-refractivity contribution in [3.63, 3.8) is 0 Å². The molecule has 0 radical (unpaired) electrons. The van der Waals surface area contributed by atoms with Crippen LogP contribution in [0.1, 0.15) is 18.4 Å². The Morgan fingerprint density at radius 3 is 1.78 bits per heavy atom. The number of rotatable bonds is 1. The standard InChI is InChI=1S/C17H13Br/c18-17(9-10-17)16-14-7-3-1-5-12(14)11-13-6-2-4-8-15(13)16/h1-8,11H,9-10H2. The summed E-state index contributed by atoms with van der Waals surface area (Å²) in [6.07, 6.45) is 2.48. The van der Waals surface area contributed by atoms with Crippen molar-refractivity contribution in [2.45, 2.75) is 17.2 Å². The van der Waals surface area contributed by atoms with Crippen molar-refractivity contribution in [3.05, 3.63) is 60.2 Å². The first kappa shape index (κ1) is 10.6. The minimum absolute atomic E-state index is 0.216. The molecule has 3 aromatic carbocycles. The molecule has 1 fully saturated rings. The van der Waals surface area contributed by atoms with E-state index >= 15 is 0 Å². The van der Waals surface area contributed by atoms with Crippen molar-refractivity contribution >= 4 is 37.5 Å². The summed E-state index contributed by atoms with van der Waals surface area (Å²) in [5, 5.41) is 5.48. The Balaban J connectivity index is 2.25. The first-order valence-electron chi connectivity index (χ1n) is 6.38. The third-order valence-electron chi connectivity index (χ3n) is 3.91. The summed E-state index contributed by atoms with van der Waals surface area (Å²) in [5.41, 5.74) is 1.48. The SMILES string of the molecule is BrC1(c2c3ccccc3cc3ccccc23)CC1. The smallest absolute Gasteiger partial charge is 0.0519 e. The van der Waals surface area contributed by atoms with Gasteiger partial charge in [0, 0.05) is 0 Å². The zero-order valence-corrected chi connectivity index (χ0v) is 11.6. The van der Waals surface area contributed by atoms with Crippen molar-refractivity contribution in [2.75, 3.05) is 0 Å². The topological polar surface area (TPSA) is 0 Å². The van der Waals surface area contributed by atoms with Crippen LogP contribution in [0.3, 0.4) is 0 Å². The number of fused-ring (bicyclic) bond motifs is 2. The first-order chi connectivity index (χ1) is 8.78. The quantitative estimate of drug-likeness (QED) is 0.418. The van der Waals surface area contributed by atoms with Gasteiger partial charge in [0.05, 0.1) is 4.32 Å². The Bertz CT molecular complexity index is 700. The zero-order valence-electron chi connectivity index (χ0n) is 9.99. The molecule has 0 heterocycles. The molecule has 0 unspecified atom stereocenters. The summed E-state index contributed by atoms with van der Waals surface area (Å²) in [7, 11) is 0. The summed E-state index contributed by atoms with van der Waals surface area (Å²) < 4.78 is 0.216. The van der Waals surface area contributed by atoms with Gasteiger partial charge in [-0.15, -0.1) is 0 Å². The Morgan fingerprint density at radius 1 is 0.778 bits per heavy atom. The second kappa shape index (κ2) is 3.58. The van der Waals surface area contributed by atoms with Crippen molar-refractivity contribution in [1.29, 1.82) is 0 Å². The van der Waals surface area contributed by atoms with Crippen LogP contribution >= 0.6 is 15.9 Å². The Hall–Kier alpha value is -1.34. The van der Waals surface area contributed by atoms with Crippen molar-refractivity contribution < 1.29 is 0 Å². The molecule has 88 valence electrons. The van der Waals surface area contributed by atoms with E-state index in [1.165, 1.54) is 39.9 Å². The van der Waals surface area contributed by atoms with Crippen LogP contribution in [0.4, 0.5) is 0 Å². The molecule has 4 rings (SSSR count). The van der Waals surface area contributed by atoms with Crippen LogP contribution in [0.25, 0.3) is 21.5 Å². The fraction of sp³-hybridized carbons (Fsp3) is 0.176. The maximum Gasteiger partial charge on any atom is 0.0519 e. The van der Waals surface area contributed by atoms with Gasteiger partial charge in [-0.05, 0) is 46.0 Å².